The molecule has 0 radical (unpaired) electrons. The topological polar surface area (TPSA) is 55.0 Å². The first-order chi connectivity index (χ1) is 6.49. The summed E-state index contributed by atoms with van der Waals surface area (Å²) in [5, 5.41) is 7.57. The zero-order valence-electron chi connectivity index (χ0n) is 9.93. The normalized spacial score (nSPS) is 8.40. The summed E-state index contributed by atoms with van der Waals surface area (Å²) < 4.78 is -0.750. The van der Waals surface area contributed by atoms with Gasteiger partial charge in [-0.15, -0.1) is 0 Å². The maximum atomic E-state index is 7.57. The van der Waals surface area contributed by atoms with Crippen LogP contribution in [0, 0.1) is 0 Å². The van der Waals surface area contributed by atoms with Crippen LogP contribution in [0.3, 0.4) is 0 Å². The third kappa shape index (κ3) is 52.6. The molecule has 0 fully saturated rings. The molecule has 0 aliphatic heterocycles. The molecule has 0 aliphatic carbocycles. The minimum absolute atomic E-state index is 0. The third-order valence-corrected chi connectivity index (χ3v) is 1.34. The molecule has 0 saturated carbocycles. The smallest absolute Gasteiger partial charge is 0.180 e. The minimum Gasteiger partial charge on any atom is -0.412 e. The summed E-state index contributed by atoms with van der Waals surface area (Å²) in [5.41, 5.74) is 0. The number of hydrogen-bond acceptors (Lipinski definition) is 2. The predicted octanol–water partition coefficient (Wildman–Crippen LogP) is 2.51. The first-order valence-electron chi connectivity index (χ1n) is 4.75. The van der Waals surface area contributed by atoms with E-state index in [4.69, 9.17) is 39.9 Å². The fraction of sp³-hybridized carbons (Fsp3) is 1.00. The van der Waals surface area contributed by atoms with Crippen molar-refractivity contribution in [1.29, 1.82) is 0 Å². The summed E-state index contributed by atoms with van der Waals surface area (Å²) in [7, 11) is 0. The van der Waals surface area contributed by atoms with Crippen LogP contribution in [0.25, 0.3) is 0 Å². The van der Waals surface area contributed by atoms with Crippen LogP contribution in [-0.2, 0) is 0 Å². The third-order valence-electron chi connectivity index (χ3n) is 1.34. The van der Waals surface area contributed by atoms with Crippen LogP contribution >= 0.6 is 34.8 Å². The van der Waals surface area contributed by atoms with Gasteiger partial charge in [-0.05, 0) is 26.6 Å². The van der Waals surface area contributed by atoms with E-state index in [0.717, 1.165) is 0 Å². The standard InChI is InChI=1S/C6H15N.C2H6O.CHCl3.H2O/c1-4-7(5-2)6-3;1-2-3;2-1(3)4;/h4-6H2,1-3H3;3H,2H2,1H3;1H;1H2. The summed E-state index contributed by atoms with van der Waals surface area (Å²) in [6, 6.07) is 0. The Bertz CT molecular complexity index is 75.5. The molecule has 0 atom stereocenters. The number of nitrogens with zero attached hydrogens (tertiary/aromatic N) is 1. The Morgan fingerprint density at radius 2 is 1.07 bits per heavy atom. The lowest BCUT2D eigenvalue weighted by molar-refractivity contribution is 0.318. The highest BCUT2D eigenvalue weighted by molar-refractivity contribution is 6.63. The lowest BCUT2D eigenvalue weighted by atomic mass is 10.5. The van der Waals surface area contributed by atoms with Gasteiger partial charge in [-0.25, -0.2) is 0 Å². The summed E-state index contributed by atoms with van der Waals surface area (Å²) in [4.78, 5) is 2.38. The molecule has 0 aromatic rings. The van der Waals surface area contributed by atoms with Crippen molar-refractivity contribution in [2.45, 2.75) is 32.0 Å². The van der Waals surface area contributed by atoms with Crippen molar-refractivity contribution in [1.82, 2.24) is 4.90 Å². The number of rotatable bonds is 3. The molecule has 0 saturated heterocycles. The summed E-state index contributed by atoms with van der Waals surface area (Å²) >= 11 is 14.4. The van der Waals surface area contributed by atoms with Gasteiger partial charge in [0, 0.05) is 6.61 Å². The highest BCUT2D eigenvalue weighted by Gasteiger charge is 1.89. The molecule has 0 amide bonds. The number of aliphatic hydroxyl groups excluding tert-OH is 1. The van der Waals surface area contributed by atoms with Gasteiger partial charge < -0.3 is 15.5 Å². The van der Waals surface area contributed by atoms with E-state index in [1.807, 2.05) is 0 Å². The molecule has 0 heterocycles. The van der Waals surface area contributed by atoms with Crippen molar-refractivity contribution in [3.63, 3.8) is 0 Å². The Labute approximate surface area is 109 Å². The summed E-state index contributed by atoms with van der Waals surface area (Å²) in [6.07, 6.45) is 0. The van der Waals surface area contributed by atoms with Crippen LogP contribution in [-0.4, -0.2) is 46.0 Å². The van der Waals surface area contributed by atoms with Crippen molar-refractivity contribution in [2.24, 2.45) is 0 Å². The van der Waals surface area contributed by atoms with Crippen LogP contribution in [0.4, 0.5) is 0 Å². The minimum atomic E-state index is -0.750. The quantitative estimate of drug-likeness (QED) is 0.810. The first-order valence-corrected chi connectivity index (χ1v) is 6.06. The average Bonchev–Trinajstić information content (AvgIpc) is 2.08. The summed E-state index contributed by atoms with van der Waals surface area (Å²) in [6.45, 7) is 12.1. The number of hydrogen-bond donors (Lipinski definition) is 1. The number of halogens is 3. The van der Waals surface area contributed by atoms with Crippen molar-refractivity contribution in [3.05, 3.63) is 0 Å². The van der Waals surface area contributed by atoms with Gasteiger partial charge >= 0.3 is 0 Å². The van der Waals surface area contributed by atoms with Crippen molar-refractivity contribution < 1.29 is 10.6 Å². The maximum absolute atomic E-state index is 7.57. The molecule has 3 N–H and O–H groups in total. The van der Waals surface area contributed by atoms with E-state index in [1.54, 1.807) is 6.92 Å². The largest absolute Gasteiger partial charge is 0.412 e. The SMILES string of the molecule is CCN(CC)CC.CCO.ClC(Cl)Cl.O. The molecular weight excluding hydrogens is 260 g/mol. The molecule has 3 nitrogen and oxygen atoms in total. The fourth-order valence-corrected chi connectivity index (χ4v) is 0.671. The van der Waals surface area contributed by atoms with Gasteiger partial charge in [0.05, 0.1) is 0 Å². The molecule has 15 heavy (non-hydrogen) atoms. The Morgan fingerprint density at radius 3 is 1.07 bits per heavy atom. The van der Waals surface area contributed by atoms with Gasteiger partial charge in [-0.1, -0.05) is 55.6 Å². The summed E-state index contributed by atoms with van der Waals surface area (Å²) in [5.74, 6) is 0. The van der Waals surface area contributed by atoms with Crippen molar-refractivity contribution >= 4 is 34.8 Å². The number of alkyl halides is 3. The monoisotopic (exact) mass is 283 g/mol. The second kappa shape index (κ2) is 24.1. The Kier molecular flexibility index (Phi) is 39.9. The Hall–Kier alpha value is 0.750. The van der Waals surface area contributed by atoms with Crippen LogP contribution in [0.5, 0.6) is 0 Å². The second-order valence-electron chi connectivity index (χ2n) is 2.18. The highest BCUT2D eigenvalue weighted by Crippen LogP contribution is 2.03. The van der Waals surface area contributed by atoms with Gasteiger partial charge in [0.2, 0.25) is 0 Å². The molecule has 0 rings (SSSR count). The zero-order chi connectivity index (χ0) is 12.0. The number of aliphatic hydroxyl groups is 1. The van der Waals surface area contributed by atoms with E-state index in [-0.39, 0.29) is 12.1 Å². The van der Waals surface area contributed by atoms with E-state index >= 15 is 0 Å². The van der Waals surface area contributed by atoms with E-state index in [9.17, 15) is 0 Å². The van der Waals surface area contributed by atoms with E-state index < -0.39 is 4.30 Å². The van der Waals surface area contributed by atoms with Gasteiger partial charge in [0.25, 0.3) is 0 Å². The molecule has 0 aromatic heterocycles. The van der Waals surface area contributed by atoms with E-state index in [1.165, 1.54) is 19.6 Å². The zero-order valence-corrected chi connectivity index (χ0v) is 12.2. The van der Waals surface area contributed by atoms with Gasteiger partial charge in [-0.3, -0.25) is 0 Å². The molecule has 0 aliphatic rings. The highest BCUT2D eigenvalue weighted by atomic mass is 35.6. The fourth-order valence-electron chi connectivity index (χ4n) is 0.671. The second-order valence-corrected chi connectivity index (χ2v) is 4.16. The molecule has 0 unspecified atom stereocenters. The van der Waals surface area contributed by atoms with E-state index in [2.05, 4.69) is 25.7 Å². The van der Waals surface area contributed by atoms with Crippen LogP contribution < -0.4 is 0 Å². The molecule has 0 aromatic carbocycles. The lowest BCUT2D eigenvalue weighted by Gasteiger charge is -2.13. The van der Waals surface area contributed by atoms with Crippen molar-refractivity contribution in [2.75, 3.05) is 26.2 Å². The first kappa shape index (κ1) is 24.8. The van der Waals surface area contributed by atoms with Gasteiger partial charge in [0.1, 0.15) is 0 Å². The van der Waals surface area contributed by atoms with Crippen LogP contribution in [0.1, 0.15) is 27.7 Å². The molecule has 98 valence electrons. The predicted molar refractivity (Wildman–Crippen MR) is 71.2 cm³/mol. The molecular formula is C9H24Cl3NO2. The van der Waals surface area contributed by atoms with Gasteiger partial charge in [0.15, 0.2) is 4.30 Å². The molecule has 0 spiro atoms. The lowest BCUT2D eigenvalue weighted by Crippen LogP contribution is -2.21. The maximum Gasteiger partial charge on any atom is 0.180 e. The Balaban J connectivity index is -0.0000000654. The average molecular weight is 285 g/mol. The van der Waals surface area contributed by atoms with Crippen molar-refractivity contribution in [3.8, 4) is 0 Å². The van der Waals surface area contributed by atoms with E-state index in [0.29, 0.717) is 0 Å². The molecule has 0 bridgehead atoms. The Morgan fingerprint density at radius 1 is 0.933 bits per heavy atom. The van der Waals surface area contributed by atoms with Crippen LogP contribution in [0.15, 0.2) is 0 Å². The molecule has 6 heteroatoms. The van der Waals surface area contributed by atoms with Crippen LogP contribution in [0.2, 0.25) is 0 Å². The van der Waals surface area contributed by atoms with Gasteiger partial charge in [-0.2, -0.15) is 0 Å².